The smallest absolute Gasteiger partial charge is 0.435 e. The summed E-state index contributed by atoms with van der Waals surface area (Å²) in [4.78, 5) is 51.5. The molecular formula is C18H14ClN3O7. The second-order valence-electron chi connectivity index (χ2n) is 5.33. The molecule has 0 aliphatic heterocycles. The fourth-order valence-corrected chi connectivity index (χ4v) is 2.31. The Labute approximate surface area is 169 Å². The molecule has 11 heteroatoms. The van der Waals surface area contributed by atoms with Crippen molar-refractivity contribution in [2.45, 2.75) is 0 Å². The summed E-state index contributed by atoms with van der Waals surface area (Å²) in [5.41, 5.74) is -0.118. The van der Waals surface area contributed by atoms with Gasteiger partial charge in [0, 0.05) is 28.3 Å². The zero-order valence-corrected chi connectivity index (χ0v) is 16.0. The number of ether oxygens (including phenoxy) is 2. The molecule has 2 aromatic rings. The van der Waals surface area contributed by atoms with Gasteiger partial charge in [-0.05, 0) is 36.4 Å². The lowest BCUT2D eigenvalue weighted by Crippen LogP contribution is -2.42. The summed E-state index contributed by atoms with van der Waals surface area (Å²) in [7, 11) is 2.10. The summed E-state index contributed by atoms with van der Waals surface area (Å²) < 4.78 is 9.14. The maximum absolute atomic E-state index is 13.0. The number of rotatable bonds is 3. The van der Waals surface area contributed by atoms with Gasteiger partial charge in [-0.3, -0.25) is 14.9 Å². The molecule has 10 nitrogen and oxygen atoms in total. The second-order valence-corrected chi connectivity index (χ2v) is 5.76. The Morgan fingerprint density at radius 2 is 1.52 bits per heavy atom. The first-order valence-electron chi connectivity index (χ1n) is 7.88. The van der Waals surface area contributed by atoms with Crippen LogP contribution < -0.4 is 0 Å². The molecule has 2 rings (SSSR count). The van der Waals surface area contributed by atoms with Gasteiger partial charge in [-0.15, -0.1) is 0 Å². The van der Waals surface area contributed by atoms with Gasteiger partial charge in [-0.2, -0.15) is 9.89 Å². The van der Waals surface area contributed by atoms with Gasteiger partial charge < -0.3 is 9.47 Å². The Morgan fingerprint density at radius 3 is 2.00 bits per heavy atom. The van der Waals surface area contributed by atoms with E-state index in [-0.39, 0.29) is 16.8 Å². The lowest BCUT2D eigenvalue weighted by atomic mass is 10.1. The number of amidine groups is 1. The average Bonchev–Trinajstić information content (AvgIpc) is 2.73. The lowest BCUT2D eigenvalue weighted by molar-refractivity contribution is -0.384. The number of amides is 3. The van der Waals surface area contributed by atoms with Gasteiger partial charge in [0.25, 0.3) is 11.6 Å². The summed E-state index contributed by atoms with van der Waals surface area (Å²) in [6, 6.07) is 10.3. The van der Waals surface area contributed by atoms with Crippen LogP contribution in [0.15, 0.2) is 53.5 Å². The van der Waals surface area contributed by atoms with E-state index in [0.717, 1.165) is 26.4 Å². The number of methoxy groups -OCH3 is 2. The molecule has 0 spiro atoms. The molecule has 0 radical (unpaired) electrons. The Balaban J connectivity index is 2.61. The van der Waals surface area contributed by atoms with E-state index in [2.05, 4.69) is 14.5 Å². The largest absolute Gasteiger partial charge is 0.452 e. The van der Waals surface area contributed by atoms with Crippen LogP contribution in [0.1, 0.15) is 15.9 Å². The number of hydrogen-bond acceptors (Lipinski definition) is 7. The number of benzene rings is 2. The Kier molecular flexibility index (Phi) is 6.99. The van der Waals surface area contributed by atoms with Gasteiger partial charge in [-0.25, -0.2) is 9.59 Å². The van der Waals surface area contributed by atoms with E-state index in [4.69, 9.17) is 11.6 Å². The maximum Gasteiger partial charge on any atom is 0.435 e. The molecule has 0 fully saturated rings. The SMILES string of the molecule is COC(=O)/N=C(/c1ccc([N+](=O)[O-])cc1)N(C(=O)OC)C(=O)c1ccc(Cl)cc1. The molecule has 0 unspecified atom stereocenters. The van der Waals surface area contributed by atoms with Crippen molar-refractivity contribution < 1.29 is 28.8 Å². The molecule has 0 bridgehead atoms. The van der Waals surface area contributed by atoms with E-state index in [1.54, 1.807) is 0 Å². The van der Waals surface area contributed by atoms with E-state index < -0.39 is 28.9 Å². The summed E-state index contributed by atoms with van der Waals surface area (Å²) in [5.74, 6) is -1.30. The van der Waals surface area contributed by atoms with Crippen LogP contribution >= 0.6 is 11.6 Å². The monoisotopic (exact) mass is 419 g/mol. The van der Waals surface area contributed by atoms with Crippen LogP contribution in [0.4, 0.5) is 15.3 Å². The molecule has 3 amide bonds. The first-order valence-corrected chi connectivity index (χ1v) is 8.25. The van der Waals surface area contributed by atoms with Gasteiger partial charge in [0.2, 0.25) is 0 Å². The number of nitro groups is 1. The zero-order valence-electron chi connectivity index (χ0n) is 15.2. The third-order valence-corrected chi connectivity index (χ3v) is 3.82. The number of carbonyl (C=O) groups excluding carboxylic acids is 3. The van der Waals surface area contributed by atoms with E-state index in [1.807, 2.05) is 0 Å². The molecule has 0 saturated heterocycles. The van der Waals surface area contributed by atoms with Crippen LogP contribution in [0, 0.1) is 10.1 Å². The molecule has 0 aliphatic rings. The third-order valence-electron chi connectivity index (χ3n) is 3.57. The Hall–Kier alpha value is -3.79. The Morgan fingerprint density at radius 1 is 0.966 bits per heavy atom. The minimum absolute atomic E-state index is 0.0549. The van der Waals surface area contributed by atoms with Crippen molar-refractivity contribution in [2.24, 2.45) is 4.99 Å². The molecule has 2 aromatic carbocycles. The van der Waals surface area contributed by atoms with E-state index >= 15 is 0 Å². The number of nitrogens with zero attached hydrogens (tertiary/aromatic N) is 3. The fraction of sp³-hybridized carbons (Fsp3) is 0.111. The van der Waals surface area contributed by atoms with Gasteiger partial charge >= 0.3 is 12.2 Å². The molecule has 29 heavy (non-hydrogen) atoms. The van der Waals surface area contributed by atoms with Gasteiger partial charge in [-0.1, -0.05) is 11.6 Å². The standard InChI is InChI=1S/C18H14ClN3O7/c1-28-17(24)20-15(11-5-9-14(10-6-11)22(26)27)21(18(25)29-2)16(23)12-3-7-13(19)8-4-12/h3-10H,1-2H3/b20-15-. The number of aliphatic imine (C=N–C) groups is 1. The summed E-state index contributed by atoms with van der Waals surface area (Å²) in [5, 5.41) is 11.2. The lowest BCUT2D eigenvalue weighted by Gasteiger charge is -2.21. The highest BCUT2D eigenvalue weighted by molar-refractivity contribution is 6.30. The molecular weight excluding hydrogens is 406 g/mol. The molecule has 0 N–H and O–H groups in total. The van der Waals surface area contributed by atoms with Crippen LogP contribution in [-0.4, -0.2) is 48.0 Å². The molecule has 150 valence electrons. The highest BCUT2D eigenvalue weighted by atomic mass is 35.5. The van der Waals surface area contributed by atoms with Gasteiger partial charge in [0.1, 0.15) is 0 Å². The summed E-state index contributed by atoms with van der Waals surface area (Å²) in [6.07, 6.45) is -2.23. The van der Waals surface area contributed by atoms with Crippen molar-refractivity contribution in [1.29, 1.82) is 0 Å². The van der Waals surface area contributed by atoms with Crippen LogP contribution in [0.3, 0.4) is 0 Å². The highest BCUT2D eigenvalue weighted by Crippen LogP contribution is 2.18. The normalized spacial score (nSPS) is 10.8. The third kappa shape index (κ3) is 5.14. The predicted octanol–water partition coefficient (Wildman–Crippen LogP) is 3.67. The summed E-state index contributed by atoms with van der Waals surface area (Å²) in [6.45, 7) is 0. The van der Waals surface area contributed by atoms with Gasteiger partial charge in [0.05, 0.1) is 19.1 Å². The first-order chi connectivity index (χ1) is 13.8. The number of carbonyl (C=O) groups is 3. The summed E-state index contributed by atoms with van der Waals surface area (Å²) >= 11 is 5.82. The van der Waals surface area contributed by atoms with Crippen LogP contribution in [0.2, 0.25) is 5.02 Å². The predicted molar refractivity (Wildman–Crippen MR) is 102 cm³/mol. The van der Waals surface area contributed by atoms with Gasteiger partial charge in [0.15, 0.2) is 5.84 Å². The van der Waals surface area contributed by atoms with Crippen molar-refractivity contribution >= 4 is 41.2 Å². The maximum atomic E-state index is 13.0. The number of hydrogen-bond donors (Lipinski definition) is 0. The number of halogens is 1. The number of imide groups is 1. The van der Waals surface area contributed by atoms with Crippen LogP contribution in [-0.2, 0) is 9.47 Å². The number of nitro benzene ring substituents is 1. The first kappa shape index (κ1) is 21.5. The topological polar surface area (TPSA) is 128 Å². The second kappa shape index (κ2) is 9.42. The molecule has 0 atom stereocenters. The minimum Gasteiger partial charge on any atom is -0.452 e. The van der Waals surface area contributed by atoms with Crippen molar-refractivity contribution in [1.82, 2.24) is 4.90 Å². The van der Waals surface area contributed by atoms with E-state index in [1.165, 1.54) is 36.4 Å². The van der Waals surface area contributed by atoms with Crippen molar-refractivity contribution in [3.63, 3.8) is 0 Å². The van der Waals surface area contributed by atoms with Crippen LogP contribution in [0.25, 0.3) is 0 Å². The van der Waals surface area contributed by atoms with Crippen molar-refractivity contribution in [2.75, 3.05) is 14.2 Å². The molecule has 0 saturated carbocycles. The molecule has 0 aliphatic carbocycles. The van der Waals surface area contributed by atoms with Crippen molar-refractivity contribution in [3.8, 4) is 0 Å². The zero-order chi connectivity index (χ0) is 21.6. The van der Waals surface area contributed by atoms with E-state index in [9.17, 15) is 24.5 Å². The van der Waals surface area contributed by atoms with E-state index in [0.29, 0.717) is 9.92 Å². The van der Waals surface area contributed by atoms with Crippen molar-refractivity contribution in [3.05, 3.63) is 74.8 Å². The average molecular weight is 420 g/mol. The molecule has 0 heterocycles. The molecule has 0 aromatic heterocycles. The highest BCUT2D eigenvalue weighted by Gasteiger charge is 2.31. The van der Waals surface area contributed by atoms with Crippen LogP contribution in [0.5, 0.6) is 0 Å². The number of non-ortho nitro benzene ring substituents is 1. The quantitative estimate of drug-likeness (QED) is 0.321. The minimum atomic E-state index is -1.13. The Bertz CT molecular complexity index is 972. The fourth-order valence-electron chi connectivity index (χ4n) is 2.19.